The van der Waals surface area contributed by atoms with Gasteiger partial charge in [0.2, 0.25) is 0 Å². The molecule has 0 saturated heterocycles. The number of carboxylic acids is 1. The largest absolute Gasteiger partial charge is 0.478 e. The number of carboxylic acid groups (broad SMARTS) is 1. The Kier molecular flexibility index (Phi) is 3.44. The average molecular weight is 231 g/mol. The number of benzene rings is 1. The van der Waals surface area contributed by atoms with E-state index in [0.29, 0.717) is 11.5 Å². The van der Waals surface area contributed by atoms with E-state index in [1.165, 1.54) is 32.1 Å². The van der Waals surface area contributed by atoms with E-state index in [2.05, 4.69) is 10.2 Å². The first-order valence-corrected chi connectivity index (χ1v) is 6.28. The molecule has 0 spiro atoms. The Morgan fingerprint density at radius 3 is 2.56 bits per heavy atom. The van der Waals surface area contributed by atoms with Crippen LogP contribution < -0.4 is 5.19 Å². The van der Waals surface area contributed by atoms with Crippen molar-refractivity contribution in [3.05, 3.63) is 29.3 Å². The molecule has 0 unspecified atom stereocenters. The van der Waals surface area contributed by atoms with E-state index in [0.717, 1.165) is 10.8 Å². The minimum absolute atomic E-state index is 0.375. The number of rotatable bonds is 2. The standard InChI is InChI=1S/C13H15O2Si/c14-13(15)11-8-4-7-10(12(11)16)9-5-2-1-3-6-9/h4,7-9H,1-3,5-6H2,(H,14,15). The highest BCUT2D eigenvalue weighted by molar-refractivity contribution is 6.37. The van der Waals surface area contributed by atoms with Gasteiger partial charge in [-0.15, -0.1) is 0 Å². The molecule has 1 aliphatic carbocycles. The predicted octanol–water partition coefficient (Wildman–Crippen LogP) is 2.23. The van der Waals surface area contributed by atoms with E-state index < -0.39 is 5.97 Å². The maximum Gasteiger partial charge on any atom is 0.335 e. The third-order valence-corrected chi connectivity index (χ3v) is 3.93. The molecule has 1 fully saturated rings. The summed E-state index contributed by atoms with van der Waals surface area (Å²) in [7, 11) is 3.49. The first kappa shape index (κ1) is 11.4. The van der Waals surface area contributed by atoms with Gasteiger partial charge in [-0.05, 0) is 35.6 Å². The molecule has 1 N–H and O–H groups in total. The summed E-state index contributed by atoms with van der Waals surface area (Å²) in [6.45, 7) is 0. The molecule has 0 bridgehead atoms. The molecule has 16 heavy (non-hydrogen) atoms. The maximum atomic E-state index is 11.0. The average Bonchev–Trinajstić information content (AvgIpc) is 2.30. The summed E-state index contributed by atoms with van der Waals surface area (Å²) in [6, 6.07) is 5.54. The van der Waals surface area contributed by atoms with Crippen LogP contribution in [0.2, 0.25) is 0 Å². The van der Waals surface area contributed by atoms with Gasteiger partial charge < -0.3 is 5.11 Å². The maximum absolute atomic E-state index is 11.0. The molecule has 83 valence electrons. The van der Waals surface area contributed by atoms with Crippen LogP contribution in [0.15, 0.2) is 18.2 Å². The molecule has 0 heterocycles. The smallest absolute Gasteiger partial charge is 0.335 e. The second kappa shape index (κ2) is 4.83. The van der Waals surface area contributed by atoms with Gasteiger partial charge in [-0.2, -0.15) is 0 Å². The molecule has 1 aromatic carbocycles. The molecule has 2 rings (SSSR count). The van der Waals surface area contributed by atoms with E-state index in [4.69, 9.17) is 5.11 Å². The molecule has 0 aromatic heterocycles. The van der Waals surface area contributed by atoms with Gasteiger partial charge in [-0.1, -0.05) is 31.4 Å². The first-order chi connectivity index (χ1) is 7.70. The Morgan fingerprint density at radius 2 is 1.94 bits per heavy atom. The Morgan fingerprint density at radius 1 is 1.25 bits per heavy atom. The van der Waals surface area contributed by atoms with Crippen LogP contribution in [-0.2, 0) is 0 Å². The molecule has 0 atom stereocenters. The van der Waals surface area contributed by atoms with Crippen molar-refractivity contribution in [3.63, 3.8) is 0 Å². The van der Waals surface area contributed by atoms with E-state index >= 15 is 0 Å². The Labute approximate surface area is 99.1 Å². The predicted molar refractivity (Wildman–Crippen MR) is 64.6 cm³/mol. The fourth-order valence-corrected chi connectivity index (χ4v) is 2.98. The van der Waals surface area contributed by atoms with Crippen molar-refractivity contribution in [3.8, 4) is 0 Å². The minimum Gasteiger partial charge on any atom is -0.478 e. The van der Waals surface area contributed by atoms with Crippen molar-refractivity contribution in [2.75, 3.05) is 0 Å². The van der Waals surface area contributed by atoms with Gasteiger partial charge in [0.25, 0.3) is 0 Å². The summed E-state index contributed by atoms with van der Waals surface area (Å²) in [4.78, 5) is 11.0. The third-order valence-electron chi connectivity index (χ3n) is 3.37. The van der Waals surface area contributed by atoms with Crippen LogP contribution in [0.4, 0.5) is 0 Å². The summed E-state index contributed by atoms with van der Waals surface area (Å²) in [5, 5.41) is 9.82. The van der Waals surface area contributed by atoms with E-state index in [1.54, 1.807) is 6.07 Å². The van der Waals surface area contributed by atoms with Gasteiger partial charge in [0, 0.05) is 0 Å². The summed E-state index contributed by atoms with van der Waals surface area (Å²) in [5.74, 6) is -0.330. The van der Waals surface area contributed by atoms with Gasteiger partial charge in [0.1, 0.15) is 0 Å². The zero-order chi connectivity index (χ0) is 11.5. The molecular formula is C13H15O2Si. The summed E-state index contributed by atoms with van der Waals surface area (Å²) in [6.07, 6.45) is 6.19. The molecular weight excluding hydrogens is 216 g/mol. The summed E-state index contributed by atoms with van der Waals surface area (Å²) >= 11 is 0. The summed E-state index contributed by atoms with van der Waals surface area (Å²) in [5.41, 5.74) is 1.54. The van der Waals surface area contributed by atoms with Gasteiger partial charge >= 0.3 is 5.97 Å². The second-order valence-corrected chi connectivity index (χ2v) is 4.91. The van der Waals surface area contributed by atoms with E-state index in [9.17, 15) is 4.79 Å². The fourth-order valence-electron chi connectivity index (χ4n) is 2.50. The van der Waals surface area contributed by atoms with Crippen LogP contribution in [0.3, 0.4) is 0 Å². The lowest BCUT2D eigenvalue weighted by atomic mass is 9.83. The van der Waals surface area contributed by atoms with Crippen molar-refractivity contribution in [2.24, 2.45) is 0 Å². The number of hydrogen-bond donors (Lipinski definition) is 1. The SMILES string of the molecule is O=C(O)c1cccc(C2CCCCC2)c1[Si]. The van der Waals surface area contributed by atoms with Crippen LogP contribution >= 0.6 is 0 Å². The van der Waals surface area contributed by atoms with Crippen molar-refractivity contribution in [2.45, 2.75) is 38.0 Å². The van der Waals surface area contributed by atoms with Crippen molar-refractivity contribution < 1.29 is 9.90 Å². The highest BCUT2D eigenvalue weighted by atomic mass is 28.1. The monoisotopic (exact) mass is 231 g/mol. The number of aromatic carboxylic acids is 1. The van der Waals surface area contributed by atoms with Crippen LogP contribution in [0.1, 0.15) is 53.9 Å². The molecule has 3 radical (unpaired) electrons. The van der Waals surface area contributed by atoms with Crippen molar-refractivity contribution >= 4 is 21.4 Å². The minimum atomic E-state index is -0.859. The molecule has 1 saturated carbocycles. The molecule has 2 nitrogen and oxygen atoms in total. The zero-order valence-electron chi connectivity index (χ0n) is 9.20. The highest BCUT2D eigenvalue weighted by Crippen LogP contribution is 2.31. The van der Waals surface area contributed by atoms with Crippen LogP contribution in [-0.4, -0.2) is 21.3 Å². The normalized spacial score (nSPS) is 17.3. The van der Waals surface area contributed by atoms with Crippen LogP contribution in [0, 0.1) is 0 Å². The van der Waals surface area contributed by atoms with Gasteiger partial charge in [-0.3, -0.25) is 0 Å². The van der Waals surface area contributed by atoms with E-state index in [-0.39, 0.29) is 0 Å². The molecule has 3 heteroatoms. The quantitative estimate of drug-likeness (QED) is 0.792. The second-order valence-electron chi connectivity index (χ2n) is 4.41. The highest BCUT2D eigenvalue weighted by Gasteiger charge is 2.19. The van der Waals surface area contributed by atoms with Gasteiger partial charge in [0.05, 0.1) is 15.8 Å². The van der Waals surface area contributed by atoms with Crippen molar-refractivity contribution in [1.29, 1.82) is 0 Å². The third kappa shape index (κ3) is 2.19. The zero-order valence-corrected chi connectivity index (χ0v) is 10.2. The lowest BCUT2D eigenvalue weighted by Crippen LogP contribution is -2.23. The Bertz CT molecular complexity index is 395. The van der Waals surface area contributed by atoms with Crippen LogP contribution in [0.5, 0.6) is 0 Å². The number of hydrogen-bond acceptors (Lipinski definition) is 1. The van der Waals surface area contributed by atoms with Gasteiger partial charge in [0.15, 0.2) is 0 Å². The molecule has 0 amide bonds. The molecule has 0 aliphatic heterocycles. The Hall–Kier alpha value is -1.09. The van der Waals surface area contributed by atoms with Crippen molar-refractivity contribution in [1.82, 2.24) is 0 Å². The topological polar surface area (TPSA) is 37.3 Å². The molecule has 1 aliphatic rings. The first-order valence-electron chi connectivity index (χ1n) is 5.78. The summed E-state index contributed by atoms with van der Waals surface area (Å²) < 4.78 is 0. The number of carbonyl (C=O) groups is 1. The fraction of sp³-hybridized carbons (Fsp3) is 0.462. The lowest BCUT2D eigenvalue weighted by molar-refractivity contribution is 0.0698. The lowest BCUT2D eigenvalue weighted by Gasteiger charge is -2.24. The van der Waals surface area contributed by atoms with Crippen LogP contribution in [0.25, 0.3) is 0 Å². The Balaban J connectivity index is 2.33. The molecule has 1 aromatic rings. The van der Waals surface area contributed by atoms with Gasteiger partial charge in [-0.25, -0.2) is 4.79 Å². The van der Waals surface area contributed by atoms with E-state index in [1.807, 2.05) is 12.1 Å².